The molecule has 25 heavy (non-hydrogen) atoms. The van der Waals surface area contributed by atoms with Gasteiger partial charge in [0.1, 0.15) is 19.0 Å². The van der Waals surface area contributed by atoms with Crippen molar-refractivity contribution in [1.29, 1.82) is 0 Å². The fourth-order valence-corrected chi connectivity index (χ4v) is 5.94. The molecule has 0 radical (unpaired) electrons. The van der Waals surface area contributed by atoms with E-state index in [4.69, 9.17) is 21.1 Å². The van der Waals surface area contributed by atoms with Crippen LogP contribution in [0.2, 0.25) is 5.02 Å². The predicted molar refractivity (Wildman–Crippen MR) is 94.6 cm³/mol. The van der Waals surface area contributed by atoms with Crippen LogP contribution in [0.15, 0.2) is 24.3 Å². The van der Waals surface area contributed by atoms with E-state index in [1.807, 2.05) is 0 Å². The summed E-state index contributed by atoms with van der Waals surface area (Å²) >= 11 is 5.83. The number of hydrogen-bond acceptors (Lipinski definition) is 4. The van der Waals surface area contributed by atoms with Gasteiger partial charge >= 0.3 is 5.97 Å². The molecule has 0 amide bonds. The van der Waals surface area contributed by atoms with E-state index in [1.165, 1.54) is 6.42 Å². The summed E-state index contributed by atoms with van der Waals surface area (Å²) in [4.78, 5) is 12.3. The lowest BCUT2D eigenvalue weighted by atomic mass is 9.47. The summed E-state index contributed by atoms with van der Waals surface area (Å²) in [6, 6.07) is 7.11. The molecule has 1 N–H and O–H groups in total. The summed E-state index contributed by atoms with van der Waals surface area (Å²) in [6.45, 7) is 0.574. The molecular formula is C20H25ClO4. The van der Waals surface area contributed by atoms with Crippen LogP contribution in [0.5, 0.6) is 5.75 Å². The van der Waals surface area contributed by atoms with Crippen molar-refractivity contribution in [1.82, 2.24) is 0 Å². The van der Waals surface area contributed by atoms with Crippen LogP contribution >= 0.6 is 11.6 Å². The van der Waals surface area contributed by atoms with Gasteiger partial charge < -0.3 is 14.6 Å². The second-order valence-electron chi connectivity index (χ2n) is 8.38. The number of ether oxygens (including phenoxy) is 2. The molecule has 2 unspecified atom stereocenters. The van der Waals surface area contributed by atoms with E-state index in [2.05, 4.69) is 0 Å². The zero-order valence-electron chi connectivity index (χ0n) is 14.4. The molecule has 4 bridgehead atoms. The highest BCUT2D eigenvalue weighted by molar-refractivity contribution is 6.30. The van der Waals surface area contributed by atoms with E-state index in [9.17, 15) is 9.90 Å². The van der Waals surface area contributed by atoms with E-state index < -0.39 is 5.60 Å². The molecule has 0 aromatic heterocycles. The van der Waals surface area contributed by atoms with Crippen LogP contribution in [0.25, 0.3) is 0 Å². The smallest absolute Gasteiger partial charge is 0.306 e. The first-order valence-corrected chi connectivity index (χ1v) is 9.58. The first-order chi connectivity index (χ1) is 11.9. The van der Waals surface area contributed by atoms with E-state index in [0.29, 0.717) is 35.6 Å². The van der Waals surface area contributed by atoms with Crippen LogP contribution in [-0.2, 0) is 9.53 Å². The minimum absolute atomic E-state index is 0.0348. The van der Waals surface area contributed by atoms with Gasteiger partial charge in [-0.15, -0.1) is 0 Å². The fourth-order valence-electron chi connectivity index (χ4n) is 5.81. The molecule has 0 spiro atoms. The standard InChI is InChI=1S/C20H25ClO4/c21-16-1-3-17(4-2-16)24-5-6-25-18(22)12-19-8-14-7-15(9-19)11-20(23,10-14)13-19/h1-4,14-15,23H,5-13H2/t14-,15+,19?,20?. The summed E-state index contributed by atoms with van der Waals surface area (Å²) in [6.07, 6.45) is 6.43. The largest absolute Gasteiger partial charge is 0.490 e. The highest BCUT2D eigenvalue weighted by Gasteiger charge is 2.57. The average molecular weight is 365 g/mol. The van der Waals surface area contributed by atoms with Gasteiger partial charge in [0.25, 0.3) is 0 Å². The SMILES string of the molecule is O=C(CC12C[C@@H]3C[C@@H](CC(O)(C3)C1)C2)OCCOc1ccc(Cl)cc1. The Kier molecular flexibility index (Phi) is 4.45. The Bertz CT molecular complexity index is 628. The van der Waals surface area contributed by atoms with Gasteiger partial charge in [-0.1, -0.05) is 11.6 Å². The van der Waals surface area contributed by atoms with Crippen molar-refractivity contribution in [3.05, 3.63) is 29.3 Å². The quantitative estimate of drug-likeness (QED) is 0.612. The summed E-state index contributed by atoms with van der Waals surface area (Å²) in [7, 11) is 0. The van der Waals surface area contributed by atoms with Gasteiger partial charge in [0, 0.05) is 5.02 Å². The number of hydrogen-bond donors (Lipinski definition) is 1. The van der Waals surface area contributed by atoms with Gasteiger partial charge in [0.15, 0.2) is 0 Å². The Morgan fingerprint density at radius 1 is 1.12 bits per heavy atom. The van der Waals surface area contributed by atoms with Gasteiger partial charge in [-0.3, -0.25) is 4.79 Å². The number of benzene rings is 1. The van der Waals surface area contributed by atoms with Gasteiger partial charge in [0.2, 0.25) is 0 Å². The van der Waals surface area contributed by atoms with Crippen molar-refractivity contribution in [2.75, 3.05) is 13.2 Å². The first kappa shape index (κ1) is 17.2. The molecule has 5 rings (SSSR count). The molecule has 0 aliphatic heterocycles. The molecule has 4 fully saturated rings. The summed E-state index contributed by atoms with van der Waals surface area (Å²) in [5, 5.41) is 11.4. The van der Waals surface area contributed by atoms with E-state index in [0.717, 1.165) is 32.1 Å². The minimum Gasteiger partial charge on any atom is -0.490 e. The zero-order chi connectivity index (χ0) is 17.5. The maximum atomic E-state index is 12.3. The summed E-state index contributed by atoms with van der Waals surface area (Å²) in [5.74, 6) is 1.73. The summed E-state index contributed by atoms with van der Waals surface area (Å²) < 4.78 is 10.9. The third-order valence-corrected chi connectivity index (χ3v) is 6.35. The third kappa shape index (κ3) is 3.80. The molecule has 4 saturated carbocycles. The molecule has 1 aromatic carbocycles. The number of rotatable bonds is 6. The maximum absolute atomic E-state index is 12.3. The second-order valence-corrected chi connectivity index (χ2v) is 8.82. The third-order valence-electron chi connectivity index (χ3n) is 6.10. The van der Waals surface area contributed by atoms with Crippen molar-refractivity contribution in [2.24, 2.45) is 17.3 Å². The molecule has 0 saturated heterocycles. The highest BCUT2D eigenvalue weighted by atomic mass is 35.5. The molecule has 0 heterocycles. The first-order valence-electron chi connectivity index (χ1n) is 9.20. The molecule has 4 atom stereocenters. The normalized spacial score (nSPS) is 35.6. The monoisotopic (exact) mass is 364 g/mol. The Balaban J connectivity index is 1.25. The lowest BCUT2D eigenvalue weighted by molar-refractivity contribution is -0.177. The summed E-state index contributed by atoms with van der Waals surface area (Å²) in [5.41, 5.74) is -0.561. The second kappa shape index (κ2) is 6.48. The number of esters is 1. The fraction of sp³-hybridized carbons (Fsp3) is 0.650. The van der Waals surface area contributed by atoms with Crippen LogP contribution in [0.3, 0.4) is 0 Å². The number of halogens is 1. The van der Waals surface area contributed by atoms with Crippen molar-refractivity contribution >= 4 is 17.6 Å². The van der Waals surface area contributed by atoms with Gasteiger partial charge in [-0.05, 0) is 80.0 Å². The molecule has 4 aliphatic rings. The molecule has 4 nitrogen and oxygen atoms in total. The van der Waals surface area contributed by atoms with Crippen LogP contribution < -0.4 is 4.74 Å². The number of aliphatic hydroxyl groups is 1. The molecule has 5 heteroatoms. The Morgan fingerprint density at radius 3 is 2.44 bits per heavy atom. The van der Waals surface area contributed by atoms with Crippen molar-refractivity contribution in [2.45, 2.75) is 50.5 Å². The lowest BCUT2D eigenvalue weighted by Crippen LogP contribution is -2.56. The minimum atomic E-state index is -0.526. The molecule has 4 aliphatic carbocycles. The highest BCUT2D eigenvalue weighted by Crippen LogP contribution is 2.62. The Hall–Kier alpha value is -1.26. The van der Waals surface area contributed by atoms with Crippen molar-refractivity contribution in [3.8, 4) is 5.75 Å². The van der Waals surface area contributed by atoms with Gasteiger partial charge in [-0.2, -0.15) is 0 Å². The van der Waals surface area contributed by atoms with Crippen molar-refractivity contribution in [3.63, 3.8) is 0 Å². The van der Waals surface area contributed by atoms with Crippen LogP contribution in [0, 0.1) is 17.3 Å². The Labute approximate surface area is 153 Å². The average Bonchev–Trinajstić information content (AvgIpc) is 2.50. The van der Waals surface area contributed by atoms with Crippen LogP contribution in [0.4, 0.5) is 0 Å². The number of carbonyl (C=O) groups excluding carboxylic acids is 1. The molecular weight excluding hydrogens is 340 g/mol. The predicted octanol–water partition coefficient (Wildman–Crippen LogP) is 3.98. The number of carbonyl (C=O) groups is 1. The van der Waals surface area contributed by atoms with E-state index in [-0.39, 0.29) is 18.0 Å². The van der Waals surface area contributed by atoms with E-state index in [1.54, 1.807) is 24.3 Å². The molecule has 136 valence electrons. The lowest BCUT2D eigenvalue weighted by Gasteiger charge is -2.60. The van der Waals surface area contributed by atoms with Crippen LogP contribution in [-0.4, -0.2) is 29.9 Å². The van der Waals surface area contributed by atoms with Crippen molar-refractivity contribution < 1.29 is 19.4 Å². The van der Waals surface area contributed by atoms with Gasteiger partial charge in [0.05, 0.1) is 12.0 Å². The van der Waals surface area contributed by atoms with Gasteiger partial charge in [-0.25, -0.2) is 0 Å². The topological polar surface area (TPSA) is 55.8 Å². The van der Waals surface area contributed by atoms with E-state index >= 15 is 0 Å². The maximum Gasteiger partial charge on any atom is 0.306 e. The Morgan fingerprint density at radius 2 is 1.80 bits per heavy atom. The zero-order valence-corrected chi connectivity index (χ0v) is 15.1. The molecule has 1 aromatic rings. The van der Waals surface area contributed by atoms with Crippen LogP contribution in [0.1, 0.15) is 44.9 Å².